The number of aromatic nitrogens is 1. The molecule has 1 atom stereocenters. The lowest BCUT2D eigenvalue weighted by atomic mass is 10.2. The number of rotatable bonds is 5. The second kappa shape index (κ2) is 6.20. The van der Waals surface area contributed by atoms with Gasteiger partial charge in [-0.2, -0.15) is 0 Å². The fourth-order valence-electron chi connectivity index (χ4n) is 1.70. The highest BCUT2D eigenvalue weighted by atomic mass is 16.5. The van der Waals surface area contributed by atoms with Crippen LogP contribution in [0, 0.1) is 0 Å². The van der Waals surface area contributed by atoms with Crippen LogP contribution in [0.2, 0.25) is 0 Å². The average Bonchev–Trinajstić information content (AvgIpc) is 2.30. The molecular weight excluding hydrogens is 220 g/mol. The van der Waals surface area contributed by atoms with Gasteiger partial charge in [-0.3, -0.25) is 9.78 Å². The van der Waals surface area contributed by atoms with Gasteiger partial charge < -0.3 is 14.7 Å². The summed E-state index contributed by atoms with van der Waals surface area (Å²) in [5.41, 5.74) is 0.384. The minimum atomic E-state index is -0.152. The fraction of sp³-hybridized carbons (Fsp3) is 0.500. The zero-order chi connectivity index (χ0) is 12.8. The van der Waals surface area contributed by atoms with E-state index in [2.05, 4.69) is 4.98 Å². The Labute approximate surface area is 101 Å². The van der Waals surface area contributed by atoms with Gasteiger partial charge in [0.2, 0.25) is 0 Å². The predicted molar refractivity (Wildman–Crippen MR) is 64.0 cm³/mol. The minimum absolute atomic E-state index is 0.00806. The molecule has 5 heteroatoms. The van der Waals surface area contributed by atoms with Crippen molar-refractivity contribution in [2.45, 2.75) is 19.9 Å². The van der Waals surface area contributed by atoms with E-state index in [9.17, 15) is 9.90 Å². The second-order valence-corrected chi connectivity index (χ2v) is 3.83. The van der Waals surface area contributed by atoms with Crippen LogP contribution in [0.15, 0.2) is 18.5 Å². The number of nitrogens with zero attached hydrogens (tertiary/aromatic N) is 2. The number of methoxy groups -OCH3 is 1. The molecule has 1 N–H and O–H groups in total. The van der Waals surface area contributed by atoms with Gasteiger partial charge in [0.05, 0.1) is 24.4 Å². The highest BCUT2D eigenvalue weighted by molar-refractivity contribution is 5.94. The zero-order valence-electron chi connectivity index (χ0n) is 10.4. The van der Waals surface area contributed by atoms with E-state index in [0.717, 1.165) is 0 Å². The topological polar surface area (TPSA) is 62.7 Å². The van der Waals surface area contributed by atoms with E-state index >= 15 is 0 Å². The van der Waals surface area contributed by atoms with Gasteiger partial charge in [-0.25, -0.2) is 0 Å². The maximum Gasteiger partial charge on any atom is 0.255 e. The van der Waals surface area contributed by atoms with Crippen molar-refractivity contribution in [2.24, 2.45) is 0 Å². The largest absolute Gasteiger partial charge is 0.506 e. The van der Waals surface area contributed by atoms with Gasteiger partial charge in [0.1, 0.15) is 5.75 Å². The van der Waals surface area contributed by atoms with Crippen LogP contribution in [0.1, 0.15) is 24.2 Å². The maximum absolute atomic E-state index is 12.2. The highest BCUT2D eigenvalue weighted by Crippen LogP contribution is 2.12. The summed E-state index contributed by atoms with van der Waals surface area (Å²) in [7, 11) is 1.60. The summed E-state index contributed by atoms with van der Waals surface area (Å²) in [5.74, 6) is -0.160. The zero-order valence-corrected chi connectivity index (χ0v) is 10.4. The van der Waals surface area contributed by atoms with Gasteiger partial charge in [0, 0.05) is 19.9 Å². The molecule has 0 aliphatic heterocycles. The van der Waals surface area contributed by atoms with Gasteiger partial charge in [0.25, 0.3) is 5.91 Å². The standard InChI is InChI=1S/C12H18N2O3/c1-4-14(9(2)8-17-3)12(16)10-5-11(15)7-13-6-10/h5-7,9,15H,4,8H2,1-3H3. The van der Waals surface area contributed by atoms with Crippen LogP contribution in [0.25, 0.3) is 0 Å². The van der Waals surface area contributed by atoms with Crippen molar-refractivity contribution in [2.75, 3.05) is 20.3 Å². The third-order valence-electron chi connectivity index (χ3n) is 2.51. The minimum Gasteiger partial charge on any atom is -0.506 e. The van der Waals surface area contributed by atoms with E-state index in [0.29, 0.717) is 18.7 Å². The van der Waals surface area contributed by atoms with E-state index in [1.165, 1.54) is 18.5 Å². The van der Waals surface area contributed by atoms with Crippen LogP contribution >= 0.6 is 0 Å². The molecule has 17 heavy (non-hydrogen) atoms. The first kappa shape index (κ1) is 13.4. The number of hydrogen-bond acceptors (Lipinski definition) is 4. The average molecular weight is 238 g/mol. The molecule has 0 bridgehead atoms. The fourth-order valence-corrected chi connectivity index (χ4v) is 1.70. The molecule has 1 amide bonds. The Morgan fingerprint density at radius 2 is 2.29 bits per heavy atom. The molecule has 0 spiro atoms. The number of likely N-dealkylation sites (N-methyl/N-ethyl adjacent to an activating group) is 1. The van der Waals surface area contributed by atoms with E-state index in [4.69, 9.17) is 4.74 Å². The van der Waals surface area contributed by atoms with Gasteiger partial charge in [-0.1, -0.05) is 0 Å². The molecule has 1 aromatic rings. The normalized spacial score (nSPS) is 12.2. The van der Waals surface area contributed by atoms with Crippen molar-refractivity contribution < 1.29 is 14.6 Å². The molecule has 1 aromatic heterocycles. The predicted octanol–water partition coefficient (Wildman–Crippen LogP) is 1.28. The van der Waals surface area contributed by atoms with Gasteiger partial charge in [0.15, 0.2) is 0 Å². The lowest BCUT2D eigenvalue weighted by Crippen LogP contribution is -2.40. The Balaban J connectivity index is 2.86. The summed E-state index contributed by atoms with van der Waals surface area (Å²) >= 11 is 0. The number of hydrogen-bond donors (Lipinski definition) is 1. The highest BCUT2D eigenvalue weighted by Gasteiger charge is 2.20. The Morgan fingerprint density at radius 1 is 1.59 bits per heavy atom. The summed E-state index contributed by atoms with van der Waals surface area (Å²) in [6.07, 6.45) is 2.75. The molecule has 0 aromatic carbocycles. The first-order chi connectivity index (χ1) is 8.10. The molecule has 0 aliphatic rings. The number of aromatic hydroxyl groups is 1. The molecule has 0 fully saturated rings. The molecular formula is C12H18N2O3. The molecule has 0 saturated carbocycles. The van der Waals surface area contributed by atoms with Crippen molar-refractivity contribution in [3.8, 4) is 5.75 Å². The van der Waals surface area contributed by atoms with Crippen molar-refractivity contribution in [3.63, 3.8) is 0 Å². The molecule has 0 radical (unpaired) electrons. The number of ether oxygens (including phenoxy) is 1. The molecule has 94 valence electrons. The Bertz CT molecular complexity index is 382. The summed E-state index contributed by atoms with van der Waals surface area (Å²) in [6, 6.07) is 1.40. The van der Waals surface area contributed by atoms with Crippen LogP contribution in [0.4, 0.5) is 0 Å². The molecule has 1 rings (SSSR count). The quantitative estimate of drug-likeness (QED) is 0.839. The van der Waals surface area contributed by atoms with E-state index in [1.807, 2.05) is 13.8 Å². The van der Waals surface area contributed by atoms with Crippen LogP contribution < -0.4 is 0 Å². The SMILES string of the molecule is CCN(C(=O)c1cncc(O)c1)C(C)COC. The Morgan fingerprint density at radius 3 is 2.82 bits per heavy atom. The van der Waals surface area contributed by atoms with Crippen molar-refractivity contribution in [1.82, 2.24) is 9.88 Å². The van der Waals surface area contributed by atoms with Gasteiger partial charge >= 0.3 is 0 Å². The Kier molecular flexibility index (Phi) is 4.90. The van der Waals surface area contributed by atoms with Crippen molar-refractivity contribution >= 4 is 5.91 Å². The number of carbonyl (C=O) groups is 1. The van der Waals surface area contributed by atoms with E-state index < -0.39 is 0 Å². The Hall–Kier alpha value is -1.62. The molecule has 0 saturated heterocycles. The van der Waals surface area contributed by atoms with Crippen LogP contribution in [0.3, 0.4) is 0 Å². The number of amides is 1. The third-order valence-corrected chi connectivity index (χ3v) is 2.51. The van der Waals surface area contributed by atoms with E-state index in [1.54, 1.807) is 12.0 Å². The lowest BCUT2D eigenvalue weighted by molar-refractivity contribution is 0.0578. The van der Waals surface area contributed by atoms with Crippen molar-refractivity contribution in [3.05, 3.63) is 24.0 Å². The van der Waals surface area contributed by atoms with Crippen LogP contribution in [-0.4, -0.2) is 47.2 Å². The molecule has 0 aliphatic carbocycles. The smallest absolute Gasteiger partial charge is 0.255 e. The summed E-state index contributed by atoms with van der Waals surface area (Å²) in [6.45, 7) is 4.88. The van der Waals surface area contributed by atoms with Crippen LogP contribution in [0.5, 0.6) is 5.75 Å². The van der Waals surface area contributed by atoms with Crippen molar-refractivity contribution in [1.29, 1.82) is 0 Å². The third kappa shape index (κ3) is 3.42. The first-order valence-corrected chi connectivity index (χ1v) is 5.54. The summed E-state index contributed by atoms with van der Waals surface area (Å²) < 4.78 is 5.04. The monoisotopic (exact) mass is 238 g/mol. The molecule has 1 heterocycles. The first-order valence-electron chi connectivity index (χ1n) is 5.54. The maximum atomic E-state index is 12.2. The summed E-state index contributed by atoms with van der Waals surface area (Å²) in [4.78, 5) is 17.6. The number of pyridine rings is 1. The molecule has 1 unspecified atom stereocenters. The van der Waals surface area contributed by atoms with Gasteiger partial charge in [-0.15, -0.1) is 0 Å². The van der Waals surface area contributed by atoms with E-state index in [-0.39, 0.29) is 17.7 Å². The summed E-state index contributed by atoms with van der Waals surface area (Å²) in [5, 5.41) is 9.30. The van der Waals surface area contributed by atoms with Gasteiger partial charge in [-0.05, 0) is 19.9 Å². The second-order valence-electron chi connectivity index (χ2n) is 3.83. The van der Waals surface area contributed by atoms with Crippen LogP contribution in [-0.2, 0) is 4.74 Å². The molecule has 5 nitrogen and oxygen atoms in total. The lowest BCUT2D eigenvalue weighted by Gasteiger charge is -2.27. The number of carbonyl (C=O) groups excluding carboxylic acids is 1.